The summed E-state index contributed by atoms with van der Waals surface area (Å²) in [6.07, 6.45) is 6.75. The number of carbonyl (C=O) groups excluding carboxylic acids is 1. The largest absolute Gasteiger partial charge is 0.385 e. The van der Waals surface area contributed by atoms with Crippen LogP contribution in [-0.2, 0) is 27.4 Å². The Labute approximate surface area is 166 Å². The molecule has 1 atom stereocenters. The van der Waals surface area contributed by atoms with E-state index in [4.69, 9.17) is 9.47 Å². The number of aromatic nitrogens is 2. The molecule has 2 aromatic heterocycles. The zero-order chi connectivity index (χ0) is 19.5. The van der Waals surface area contributed by atoms with Crippen LogP contribution in [-0.4, -0.2) is 65.9 Å². The first-order valence-electron chi connectivity index (χ1n) is 10.2. The Kier molecular flexibility index (Phi) is 5.94. The molecule has 0 radical (unpaired) electrons. The fourth-order valence-corrected chi connectivity index (χ4v) is 4.00. The molecule has 4 rings (SSSR count). The van der Waals surface area contributed by atoms with E-state index in [2.05, 4.69) is 28.0 Å². The lowest BCUT2D eigenvalue weighted by Crippen LogP contribution is -2.49. The maximum absolute atomic E-state index is 13.1. The highest BCUT2D eigenvalue weighted by atomic mass is 16.5. The van der Waals surface area contributed by atoms with Crippen molar-refractivity contribution in [1.82, 2.24) is 19.8 Å². The molecule has 28 heavy (non-hydrogen) atoms. The quantitative estimate of drug-likeness (QED) is 0.702. The van der Waals surface area contributed by atoms with Crippen LogP contribution in [0.15, 0.2) is 18.5 Å². The summed E-state index contributed by atoms with van der Waals surface area (Å²) in [5.74, 6) is 0.0997. The topological polar surface area (TPSA) is 68.6 Å². The molecule has 1 amide bonds. The first-order chi connectivity index (χ1) is 13.7. The molecule has 1 saturated heterocycles. The number of methoxy groups -OCH3 is 1. The van der Waals surface area contributed by atoms with Crippen LogP contribution in [0.4, 0.5) is 0 Å². The number of aryl methyl sites for hydroxylation is 2. The van der Waals surface area contributed by atoms with E-state index >= 15 is 0 Å². The van der Waals surface area contributed by atoms with Crippen molar-refractivity contribution in [2.24, 2.45) is 0 Å². The minimum Gasteiger partial charge on any atom is -0.385 e. The highest BCUT2D eigenvalue weighted by Gasteiger charge is 2.37. The highest BCUT2D eigenvalue weighted by molar-refractivity contribution is 5.85. The molecule has 0 aromatic carbocycles. The number of hydrogen-bond acceptors (Lipinski definition) is 5. The fourth-order valence-electron chi connectivity index (χ4n) is 4.00. The van der Waals surface area contributed by atoms with Crippen LogP contribution in [0, 0.1) is 6.92 Å². The Morgan fingerprint density at radius 3 is 3.04 bits per heavy atom. The Balaban J connectivity index is 1.60. The van der Waals surface area contributed by atoms with Gasteiger partial charge in [-0.1, -0.05) is 0 Å². The summed E-state index contributed by atoms with van der Waals surface area (Å²) < 4.78 is 13.2. The van der Waals surface area contributed by atoms with Gasteiger partial charge in [0.2, 0.25) is 0 Å². The predicted molar refractivity (Wildman–Crippen MR) is 107 cm³/mol. The third kappa shape index (κ3) is 4.06. The van der Waals surface area contributed by atoms with E-state index in [1.54, 1.807) is 7.11 Å². The van der Waals surface area contributed by atoms with Crippen LogP contribution in [0.3, 0.4) is 0 Å². The van der Waals surface area contributed by atoms with Crippen molar-refractivity contribution >= 4 is 16.9 Å². The van der Waals surface area contributed by atoms with Crippen LogP contribution >= 0.6 is 0 Å². The molecule has 1 aliphatic heterocycles. The number of morpholine rings is 1. The fraction of sp³-hybridized carbons (Fsp3) is 0.619. The van der Waals surface area contributed by atoms with Gasteiger partial charge in [0.15, 0.2) is 0 Å². The summed E-state index contributed by atoms with van der Waals surface area (Å²) in [6.45, 7) is 6.31. The van der Waals surface area contributed by atoms with E-state index in [-0.39, 0.29) is 12.0 Å². The van der Waals surface area contributed by atoms with Crippen LogP contribution in [0.1, 0.15) is 30.4 Å². The minimum atomic E-state index is -0.376. The molecule has 0 spiro atoms. The Bertz CT molecular complexity index is 824. The van der Waals surface area contributed by atoms with Gasteiger partial charge >= 0.3 is 0 Å². The van der Waals surface area contributed by atoms with Crippen LogP contribution in [0.25, 0.3) is 11.0 Å². The number of nitrogens with one attached hydrogen (secondary N) is 1. The average Bonchev–Trinajstić information content (AvgIpc) is 3.50. The summed E-state index contributed by atoms with van der Waals surface area (Å²) >= 11 is 0. The molecule has 7 heteroatoms. The molecule has 2 aliphatic rings. The zero-order valence-corrected chi connectivity index (χ0v) is 16.8. The predicted octanol–water partition coefficient (Wildman–Crippen LogP) is 1.86. The van der Waals surface area contributed by atoms with Crippen molar-refractivity contribution in [3.63, 3.8) is 0 Å². The highest BCUT2D eigenvalue weighted by Crippen LogP contribution is 2.32. The Morgan fingerprint density at radius 1 is 1.46 bits per heavy atom. The van der Waals surface area contributed by atoms with Crippen molar-refractivity contribution in [3.8, 4) is 0 Å². The maximum Gasteiger partial charge on any atom is 0.253 e. The Morgan fingerprint density at radius 2 is 2.32 bits per heavy atom. The molecule has 0 unspecified atom stereocenters. The number of rotatable bonds is 8. The molecule has 0 bridgehead atoms. The van der Waals surface area contributed by atoms with Crippen molar-refractivity contribution in [2.45, 2.75) is 51.4 Å². The summed E-state index contributed by atoms with van der Waals surface area (Å²) in [7, 11) is 1.73. The standard InChI is InChI=1S/C21H30N4O3/c1-15-6-7-23-19-16(13-24(20(15)19)9-3-10-27-2)14-25(17-4-5-17)21(26)18-12-22-8-11-28-18/h6-7,13,17-18,22H,3-5,8-12,14H2,1-2H3/t18-/m1/s1. The van der Waals surface area contributed by atoms with E-state index in [0.29, 0.717) is 25.7 Å². The van der Waals surface area contributed by atoms with E-state index < -0.39 is 0 Å². The number of fused-ring (bicyclic) bond motifs is 1. The average molecular weight is 386 g/mol. The van der Waals surface area contributed by atoms with Crippen molar-refractivity contribution in [3.05, 3.63) is 29.6 Å². The molecule has 7 nitrogen and oxygen atoms in total. The third-order valence-electron chi connectivity index (χ3n) is 5.59. The number of hydrogen-bond donors (Lipinski definition) is 1. The van der Waals surface area contributed by atoms with E-state index in [1.807, 2.05) is 17.2 Å². The third-order valence-corrected chi connectivity index (χ3v) is 5.59. The van der Waals surface area contributed by atoms with Crippen molar-refractivity contribution in [2.75, 3.05) is 33.4 Å². The normalized spacial score (nSPS) is 19.9. The maximum atomic E-state index is 13.1. The van der Waals surface area contributed by atoms with Gasteiger partial charge in [-0.2, -0.15) is 0 Å². The van der Waals surface area contributed by atoms with E-state index in [0.717, 1.165) is 55.6 Å². The van der Waals surface area contributed by atoms with Gasteiger partial charge in [0, 0.05) is 63.9 Å². The molecule has 3 heterocycles. The minimum absolute atomic E-state index is 0.0997. The molecule has 2 fully saturated rings. The number of nitrogens with zero attached hydrogens (tertiary/aromatic N) is 3. The van der Waals surface area contributed by atoms with Gasteiger partial charge in [0.05, 0.1) is 17.6 Å². The first-order valence-corrected chi connectivity index (χ1v) is 10.2. The van der Waals surface area contributed by atoms with Gasteiger partial charge in [-0.3, -0.25) is 9.78 Å². The molecular weight excluding hydrogens is 356 g/mol. The summed E-state index contributed by atoms with van der Waals surface area (Å²) in [6, 6.07) is 2.37. The second-order valence-corrected chi connectivity index (χ2v) is 7.78. The number of pyridine rings is 1. The number of amides is 1. The van der Waals surface area contributed by atoms with Crippen LogP contribution in [0.5, 0.6) is 0 Å². The van der Waals surface area contributed by atoms with Crippen molar-refractivity contribution < 1.29 is 14.3 Å². The second kappa shape index (κ2) is 8.59. The number of carbonyl (C=O) groups is 1. The molecule has 152 valence electrons. The summed E-state index contributed by atoms with van der Waals surface area (Å²) in [5.41, 5.74) is 4.48. The second-order valence-electron chi connectivity index (χ2n) is 7.78. The molecule has 1 N–H and O–H groups in total. The lowest BCUT2D eigenvalue weighted by molar-refractivity contribution is -0.146. The molecular formula is C21H30N4O3. The lowest BCUT2D eigenvalue weighted by Gasteiger charge is -2.29. The SMILES string of the molecule is COCCCn1cc(CN(C(=O)[C@H]2CNCCO2)C2CC2)c2nccc(C)c21. The van der Waals surface area contributed by atoms with Gasteiger partial charge in [-0.05, 0) is 37.8 Å². The smallest absolute Gasteiger partial charge is 0.253 e. The Hall–Kier alpha value is -1.96. The van der Waals surface area contributed by atoms with Gasteiger partial charge in [-0.15, -0.1) is 0 Å². The van der Waals surface area contributed by atoms with Gasteiger partial charge in [0.25, 0.3) is 5.91 Å². The van der Waals surface area contributed by atoms with E-state index in [1.165, 1.54) is 5.56 Å². The zero-order valence-electron chi connectivity index (χ0n) is 16.8. The summed E-state index contributed by atoms with van der Waals surface area (Å²) in [5, 5.41) is 3.26. The van der Waals surface area contributed by atoms with Crippen LogP contribution < -0.4 is 5.32 Å². The van der Waals surface area contributed by atoms with Crippen molar-refractivity contribution in [1.29, 1.82) is 0 Å². The first kappa shape index (κ1) is 19.4. The van der Waals surface area contributed by atoms with Gasteiger partial charge in [-0.25, -0.2) is 0 Å². The van der Waals surface area contributed by atoms with E-state index in [9.17, 15) is 4.79 Å². The van der Waals surface area contributed by atoms with Gasteiger partial charge in [0.1, 0.15) is 6.10 Å². The number of ether oxygens (including phenoxy) is 2. The molecule has 2 aromatic rings. The monoisotopic (exact) mass is 386 g/mol. The lowest BCUT2D eigenvalue weighted by atomic mass is 10.2. The van der Waals surface area contributed by atoms with Gasteiger partial charge < -0.3 is 24.3 Å². The molecule has 1 aliphatic carbocycles. The van der Waals surface area contributed by atoms with Crippen LogP contribution in [0.2, 0.25) is 0 Å². The summed E-state index contributed by atoms with van der Waals surface area (Å²) in [4.78, 5) is 19.8. The molecule has 1 saturated carbocycles.